The molecule has 0 fully saturated rings. The molecule has 2 N–H and O–H groups in total. The van der Waals surface area contributed by atoms with Crippen molar-refractivity contribution in [2.75, 3.05) is 18.5 Å². The predicted molar refractivity (Wildman–Crippen MR) is 132 cm³/mol. The maximum absolute atomic E-state index is 12.2. The number of amides is 1. The molecule has 0 saturated carbocycles. The Hall–Kier alpha value is -4.23. The highest BCUT2D eigenvalue weighted by Crippen LogP contribution is 2.26. The molecule has 0 spiro atoms. The molecule has 0 heterocycles. The van der Waals surface area contributed by atoms with Gasteiger partial charge in [-0.1, -0.05) is 36.4 Å². The summed E-state index contributed by atoms with van der Waals surface area (Å²) in [4.78, 5) is 49.3. The Morgan fingerprint density at radius 3 is 2.25 bits per heavy atom. The van der Waals surface area contributed by atoms with Crippen molar-refractivity contribution in [3.63, 3.8) is 0 Å². The molecule has 1 aliphatic rings. The van der Waals surface area contributed by atoms with Crippen molar-refractivity contribution in [1.82, 2.24) is 0 Å². The van der Waals surface area contributed by atoms with Gasteiger partial charge in [-0.05, 0) is 67.5 Å². The number of hydrogen-bond acceptors (Lipinski definition) is 7. The van der Waals surface area contributed by atoms with Crippen LogP contribution in [-0.2, 0) is 30.3 Å². The maximum atomic E-state index is 12.2. The third-order valence-corrected chi connectivity index (χ3v) is 5.75. The van der Waals surface area contributed by atoms with E-state index in [0.717, 1.165) is 11.1 Å². The van der Waals surface area contributed by atoms with Crippen LogP contribution in [0.4, 0.5) is 16.2 Å². The number of anilines is 1. The van der Waals surface area contributed by atoms with Gasteiger partial charge in [0.25, 0.3) is 0 Å². The second-order valence-electron chi connectivity index (χ2n) is 8.35. The van der Waals surface area contributed by atoms with E-state index < -0.39 is 29.9 Å². The first-order valence-corrected chi connectivity index (χ1v) is 11.7. The zero-order valence-electron chi connectivity index (χ0n) is 19.7. The van der Waals surface area contributed by atoms with Crippen LogP contribution >= 0.6 is 0 Å². The molecular weight excluding hydrogens is 464 g/mol. The number of nitrogens with one attached hydrogen (secondary N) is 1. The van der Waals surface area contributed by atoms with Gasteiger partial charge >= 0.3 is 18.0 Å². The second kappa shape index (κ2) is 13.6. The number of carboxylic acid groups (broad SMARTS) is 1. The molecule has 1 amide bonds. The molecule has 2 atom stereocenters. The standard InChI is InChI=1S/C27H28N2O7/c30-18-28-21-11-7-19(8-12-21)17-20-9-13-22(14-10-20)29-27(34)36-16-4-3-15-35-26(33)24-6-2-1-5-23(24)25(31)32/h2,6-14,23-24H,1,3-5,15-17H2,(H,29,34)(H,31,32). The first-order chi connectivity index (χ1) is 17.5. The number of carbonyl (C=O) groups excluding carboxylic acids is 3. The lowest BCUT2D eigenvalue weighted by Gasteiger charge is -2.22. The quantitative estimate of drug-likeness (QED) is 0.152. The smallest absolute Gasteiger partial charge is 0.411 e. The summed E-state index contributed by atoms with van der Waals surface area (Å²) in [5, 5.41) is 11.9. The van der Waals surface area contributed by atoms with Crippen LogP contribution in [0, 0.1) is 11.8 Å². The van der Waals surface area contributed by atoms with Gasteiger partial charge in [-0.2, -0.15) is 4.99 Å². The van der Waals surface area contributed by atoms with E-state index in [0.29, 0.717) is 43.5 Å². The molecule has 9 nitrogen and oxygen atoms in total. The lowest BCUT2D eigenvalue weighted by atomic mass is 9.84. The third kappa shape index (κ3) is 8.21. The van der Waals surface area contributed by atoms with Crippen LogP contribution < -0.4 is 5.32 Å². The number of carbonyl (C=O) groups is 3. The molecule has 2 unspecified atom stereocenters. The summed E-state index contributed by atoms with van der Waals surface area (Å²) in [7, 11) is 0. The minimum atomic E-state index is -0.993. The molecular formula is C27H28N2O7. The normalized spacial score (nSPS) is 16.4. The van der Waals surface area contributed by atoms with E-state index in [1.165, 1.54) is 6.08 Å². The Balaban J connectivity index is 1.32. The van der Waals surface area contributed by atoms with Crippen molar-refractivity contribution in [2.45, 2.75) is 32.1 Å². The van der Waals surface area contributed by atoms with E-state index in [1.54, 1.807) is 36.4 Å². The molecule has 2 aromatic carbocycles. The molecule has 0 radical (unpaired) electrons. The lowest BCUT2D eigenvalue weighted by molar-refractivity contribution is -0.156. The lowest BCUT2D eigenvalue weighted by Crippen LogP contribution is -2.31. The van der Waals surface area contributed by atoms with Crippen molar-refractivity contribution >= 4 is 35.5 Å². The summed E-state index contributed by atoms with van der Waals surface area (Å²) in [5.41, 5.74) is 3.26. The Morgan fingerprint density at radius 2 is 1.61 bits per heavy atom. The van der Waals surface area contributed by atoms with Crippen LogP contribution in [0.3, 0.4) is 0 Å². The molecule has 36 heavy (non-hydrogen) atoms. The number of aliphatic carboxylic acids is 1. The number of unbranched alkanes of at least 4 members (excludes halogenated alkanes) is 1. The highest BCUT2D eigenvalue weighted by molar-refractivity contribution is 5.84. The van der Waals surface area contributed by atoms with E-state index in [9.17, 15) is 24.3 Å². The van der Waals surface area contributed by atoms with Crippen molar-refractivity contribution in [1.29, 1.82) is 0 Å². The summed E-state index contributed by atoms with van der Waals surface area (Å²) in [5.74, 6) is -3.04. The zero-order chi connectivity index (χ0) is 25.8. The van der Waals surface area contributed by atoms with Crippen LogP contribution in [0.2, 0.25) is 0 Å². The third-order valence-electron chi connectivity index (χ3n) is 5.75. The largest absolute Gasteiger partial charge is 0.481 e. The minimum Gasteiger partial charge on any atom is -0.481 e. The van der Waals surface area contributed by atoms with Gasteiger partial charge in [-0.15, -0.1) is 0 Å². The number of isocyanates is 1. The van der Waals surface area contributed by atoms with E-state index in [-0.39, 0.29) is 13.2 Å². The second-order valence-corrected chi connectivity index (χ2v) is 8.35. The number of carboxylic acids is 1. The summed E-state index contributed by atoms with van der Waals surface area (Å²) in [6.07, 6.45) is 7.08. The monoisotopic (exact) mass is 492 g/mol. The SMILES string of the molecule is O=C=Nc1ccc(Cc2ccc(NC(=O)OCCCCOC(=O)C3C=CCCC3C(=O)O)cc2)cc1. The zero-order valence-corrected chi connectivity index (χ0v) is 19.7. The van der Waals surface area contributed by atoms with Gasteiger partial charge in [-0.25, -0.2) is 9.59 Å². The number of hydrogen-bond donors (Lipinski definition) is 2. The fourth-order valence-electron chi connectivity index (χ4n) is 3.83. The van der Waals surface area contributed by atoms with Gasteiger partial charge in [0.05, 0.1) is 30.7 Å². The average Bonchev–Trinajstić information content (AvgIpc) is 2.88. The van der Waals surface area contributed by atoms with Crippen LogP contribution in [0.25, 0.3) is 0 Å². The molecule has 1 aliphatic carbocycles. The van der Waals surface area contributed by atoms with Crippen molar-refractivity contribution in [3.8, 4) is 0 Å². The van der Waals surface area contributed by atoms with Gasteiger partial charge in [0.2, 0.25) is 6.08 Å². The van der Waals surface area contributed by atoms with Crippen LogP contribution in [-0.4, -0.2) is 42.4 Å². The number of aliphatic imine (C=N–C) groups is 1. The fourth-order valence-corrected chi connectivity index (χ4v) is 3.83. The Kier molecular flexibility index (Phi) is 9.97. The molecule has 0 aromatic heterocycles. The van der Waals surface area contributed by atoms with Gasteiger partial charge in [0, 0.05) is 5.69 Å². The number of rotatable bonds is 11. The first-order valence-electron chi connectivity index (χ1n) is 11.7. The molecule has 188 valence electrons. The highest BCUT2D eigenvalue weighted by Gasteiger charge is 2.34. The van der Waals surface area contributed by atoms with Gasteiger partial charge in [0.15, 0.2) is 0 Å². The van der Waals surface area contributed by atoms with E-state index in [1.807, 2.05) is 24.3 Å². The van der Waals surface area contributed by atoms with E-state index >= 15 is 0 Å². The van der Waals surface area contributed by atoms with Gasteiger partial charge in [-0.3, -0.25) is 14.9 Å². The molecule has 0 aliphatic heterocycles. The number of ether oxygens (including phenoxy) is 2. The van der Waals surface area contributed by atoms with Crippen LogP contribution in [0.1, 0.15) is 36.8 Å². The van der Waals surface area contributed by atoms with Gasteiger partial charge < -0.3 is 14.6 Å². The number of nitrogens with zero attached hydrogens (tertiary/aromatic N) is 1. The number of esters is 1. The Morgan fingerprint density at radius 1 is 0.972 bits per heavy atom. The first kappa shape index (κ1) is 26.4. The number of benzene rings is 2. The summed E-state index contributed by atoms with van der Waals surface area (Å²) in [6, 6.07) is 14.6. The van der Waals surface area contributed by atoms with E-state index in [2.05, 4.69) is 10.3 Å². The molecule has 3 rings (SSSR count). The topological polar surface area (TPSA) is 131 Å². The summed E-state index contributed by atoms with van der Waals surface area (Å²) < 4.78 is 10.4. The average molecular weight is 493 g/mol. The van der Waals surface area contributed by atoms with Crippen molar-refractivity contribution in [3.05, 3.63) is 71.8 Å². The molecule has 0 bridgehead atoms. The maximum Gasteiger partial charge on any atom is 0.411 e. The fraction of sp³-hybridized carbons (Fsp3) is 0.333. The minimum absolute atomic E-state index is 0.134. The van der Waals surface area contributed by atoms with E-state index in [4.69, 9.17) is 9.47 Å². The molecule has 0 saturated heterocycles. The van der Waals surface area contributed by atoms with Crippen molar-refractivity contribution in [2.24, 2.45) is 16.8 Å². The Labute approximate surface area is 208 Å². The predicted octanol–water partition coefficient (Wildman–Crippen LogP) is 4.78. The molecule has 2 aromatic rings. The van der Waals surface area contributed by atoms with Crippen molar-refractivity contribution < 1.29 is 33.8 Å². The summed E-state index contributed by atoms with van der Waals surface area (Å²) in [6.45, 7) is 0.293. The van der Waals surface area contributed by atoms with Gasteiger partial charge in [0.1, 0.15) is 0 Å². The highest BCUT2D eigenvalue weighted by atomic mass is 16.5. The molecule has 9 heteroatoms. The Bertz CT molecular complexity index is 1120. The number of allylic oxidation sites excluding steroid dienone is 1. The van der Waals surface area contributed by atoms with Crippen LogP contribution in [0.5, 0.6) is 0 Å². The summed E-state index contributed by atoms with van der Waals surface area (Å²) >= 11 is 0. The van der Waals surface area contributed by atoms with Crippen LogP contribution in [0.15, 0.2) is 65.7 Å².